The molecule has 0 aromatic heterocycles. The van der Waals surface area contributed by atoms with Crippen molar-refractivity contribution in [2.24, 2.45) is 0 Å². The van der Waals surface area contributed by atoms with Crippen LogP contribution in [0.25, 0.3) is 0 Å². The molecule has 17 heavy (non-hydrogen) atoms. The van der Waals surface area contributed by atoms with Gasteiger partial charge in [-0.2, -0.15) is 0 Å². The van der Waals surface area contributed by atoms with E-state index >= 15 is 0 Å². The van der Waals surface area contributed by atoms with Gasteiger partial charge in [-0.15, -0.1) is 0 Å². The first kappa shape index (κ1) is 13.8. The number of carbonyl (C=O) groups is 1. The van der Waals surface area contributed by atoms with Gasteiger partial charge in [-0.25, -0.2) is 0 Å². The number of halogens is 1. The van der Waals surface area contributed by atoms with Gasteiger partial charge in [0.05, 0.1) is 25.4 Å². The van der Waals surface area contributed by atoms with Gasteiger partial charge in [0.25, 0.3) is 5.91 Å². The summed E-state index contributed by atoms with van der Waals surface area (Å²) in [6.45, 7) is 0.778. The third-order valence-corrected chi connectivity index (χ3v) is 2.21. The van der Waals surface area contributed by atoms with Crippen LogP contribution in [0.5, 0.6) is 5.75 Å². The highest BCUT2D eigenvalue weighted by Crippen LogP contribution is 2.20. The summed E-state index contributed by atoms with van der Waals surface area (Å²) in [6.07, 6.45) is 0. The summed E-state index contributed by atoms with van der Waals surface area (Å²) in [5.41, 5.74) is 0.125. The fourth-order valence-corrected chi connectivity index (χ4v) is 1.36. The number of phenols is 1. The molecule has 0 heterocycles. The lowest BCUT2D eigenvalue weighted by Gasteiger charge is -2.07. The van der Waals surface area contributed by atoms with Gasteiger partial charge in [0.1, 0.15) is 5.75 Å². The van der Waals surface area contributed by atoms with Crippen LogP contribution in [0.2, 0.25) is 5.02 Å². The summed E-state index contributed by atoms with van der Waals surface area (Å²) >= 11 is 5.72. The number of hydrogen-bond donors (Lipinski definition) is 3. The molecule has 0 aliphatic heterocycles. The van der Waals surface area contributed by atoms with Gasteiger partial charge in [-0.05, 0) is 18.2 Å². The van der Waals surface area contributed by atoms with Gasteiger partial charge in [0, 0.05) is 11.6 Å². The van der Waals surface area contributed by atoms with Crippen molar-refractivity contribution in [2.75, 3.05) is 26.4 Å². The van der Waals surface area contributed by atoms with Gasteiger partial charge in [-0.1, -0.05) is 11.6 Å². The highest BCUT2D eigenvalue weighted by atomic mass is 35.5. The Kier molecular flexibility index (Phi) is 5.76. The number of hydrogen-bond acceptors (Lipinski definition) is 4. The van der Waals surface area contributed by atoms with Crippen molar-refractivity contribution in [1.29, 1.82) is 0 Å². The molecule has 3 N–H and O–H groups in total. The lowest BCUT2D eigenvalue weighted by molar-refractivity contribution is 0.0836. The normalized spacial score (nSPS) is 10.2. The Morgan fingerprint density at radius 1 is 1.41 bits per heavy atom. The van der Waals surface area contributed by atoms with Crippen molar-refractivity contribution < 1.29 is 19.7 Å². The van der Waals surface area contributed by atoms with E-state index in [1.165, 1.54) is 18.2 Å². The van der Waals surface area contributed by atoms with E-state index in [4.69, 9.17) is 21.4 Å². The lowest BCUT2D eigenvalue weighted by Crippen LogP contribution is -2.27. The largest absolute Gasteiger partial charge is 0.507 e. The number of benzene rings is 1. The molecule has 0 saturated heterocycles. The van der Waals surface area contributed by atoms with Crippen LogP contribution < -0.4 is 5.32 Å². The first-order valence-electron chi connectivity index (χ1n) is 5.10. The topological polar surface area (TPSA) is 78.8 Å². The minimum absolute atomic E-state index is 0.0526. The molecule has 94 valence electrons. The van der Waals surface area contributed by atoms with E-state index in [9.17, 15) is 9.90 Å². The Morgan fingerprint density at radius 2 is 2.18 bits per heavy atom. The molecule has 0 aliphatic rings. The van der Waals surface area contributed by atoms with E-state index in [1.54, 1.807) is 0 Å². The Bertz CT molecular complexity index is 384. The van der Waals surface area contributed by atoms with Gasteiger partial charge in [-0.3, -0.25) is 4.79 Å². The van der Waals surface area contributed by atoms with Gasteiger partial charge in [0.15, 0.2) is 0 Å². The number of aromatic hydroxyl groups is 1. The molecule has 1 aromatic carbocycles. The fraction of sp³-hybridized carbons (Fsp3) is 0.364. The second-order valence-electron chi connectivity index (χ2n) is 3.25. The molecule has 0 aliphatic carbocycles. The summed E-state index contributed by atoms with van der Waals surface area (Å²) < 4.78 is 4.97. The number of nitrogens with one attached hydrogen (secondary N) is 1. The van der Waals surface area contributed by atoms with Crippen molar-refractivity contribution in [3.05, 3.63) is 28.8 Å². The molecule has 6 heteroatoms. The molecule has 5 nitrogen and oxygen atoms in total. The smallest absolute Gasteiger partial charge is 0.255 e. The van der Waals surface area contributed by atoms with Crippen molar-refractivity contribution in [2.45, 2.75) is 0 Å². The van der Waals surface area contributed by atoms with E-state index in [1.807, 2.05) is 0 Å². The zero-order chi connectivity index (χ0) is 12.7. The molecule has 0 unspecified atom stereocenters. The van der Waals surface area contributed by atoms with Gasteiger partial charge >= 0.3 is 0 Å². The van der Waals surface area contributed by atoms with Crippen LogP contribution >= 0.6 is 11.6 Å². The van der Waals surface area contributed by atoms with E-state index in [2.05, 4.69) is 5.32 Å². The average molecular weight is 260 g/mol. The maximum atomic E-state index is 11.6. The Labute approximate surface area is 104 Å². The molecule has 1 rings (SSSR count). The monoisotopic (exact) mass is 259 g/mol. The second kappa shape index (κ2) is 7.11. The lowest BCUT2D eigenvalue weighted by atomic mass is 10.2. The SMILES string of the molecule is O=C(NCCOCCO)c1cc(Cl)ccc1O. The number of amides is 1. The Hall–Kier alpha value is -1.30. The van der Waals surface area contributed by atoms with Crippen LogP contribution in [0.3, 0.4) is 0 Å². The summed E-state index contributed by atoms with van der Waals surface area (Å²) in [4.78, 5) is 11.6. The van der Waals surface area contributed by atoms with Crippen molar-refractivity contribution in [3.63, 3.8) is 0 Å². The van der Waals surface area contributed by atoms with Crippen LogP contribution in [0.1, 0.15) is 10.4 Å². The zero-order valence-electron chi connectivity index (χ0n) is 9.15. The molecule has 0 fully saturated rings. The Balaban J connectivity index is 2.44. The van der Waals surface area contributed by atoms with E-state index in [-0.39, 0.29) is 24.5 Å². The van der Waals surface area contributed by atoms with Crippen molar-refractivity contribution in [3.8, 4) is 5.75 Å². The van der Waals surface area contributed by atoms with Gasteiger partial charge in [0.2, 0.25) is 0 Å². The maximum Gasteiger partial charge on any atom is 0.255 e. The number of ether oxygens (including phenoxy) is 1. The molecule has 1 amide bonds. The molecule has 0 saturated carbocycles. The van der Waals surface area contributed by atoms with Crippen molar-refractivity contribution >= 4 is 17.5 Å². The first-order chi connectivity index (χ1) is 8.15. The zero-order valence-corrected chi connectivity index (χ0v) is 9.91. The van der Waals surface area contributed by atoms with E-state index in [0.29, 0.717) is 18.2 Å². The van der Waals surface area contributed by atoms with Crippen LogP contribution in [0.4, 0.5) is 0 Å². The second-order valence-corrected chi connectivity index (χ2v) is 3.69. The number of aliphatic hydroxyl groups is 1. The summed E-state index contributed by atoms with van der Waals surface area (Å²) in [5, 5.41) is 20.9. The predicted molar refractivity (Wildman–Crippen MR) is 63.4 cm³/mol. The Morgan fingerprint density at radius 3 is 2.88 bits per heavy atom. The minimum atomic E-state index is -0.419. The van der Waals surface area contributed by atoms with E-state index in [0.717, 1.165) is 0 Å². The average Bonchev–Trinajstić information content (AvgIpc) is 2.32. The molecule has 0 radical (unpaired) electrons. The van der Waals surface area contributed by atoms with Crippen molar-refractivity contribution in [1.82, 2.24) is 5.32 Å². The molecule has 0 atom stereocenters. The predicted octanol–water partition coefficient (Wildman–Crippen LogP) is 0.784. The molecular formula is C11H14ClNO4. The first-order valence-corrected chi connectivity index (χ1v) is 5.48. The number of rotatable bonds is 6. The third kappa shape index (κ3) is 4.60. The highest BCUT2D eigenvalue weighted by Gasteiger charge is 2.10. The fourth-order valence-electron chi connectivity index (χ4n) is 1.19. The minimum Gasteiger partial charge on any atom is -0.507 e. The van der Waals surface area contributed by atoms with Crippen LogP contribution in [0.15, 0.2) is 18.2 Å². The quantitative estimate of drug-likeness (QED) is 0.660. The van der Waals surface area contributed by atoms with E-state index < -0.39 is 5.91 Å². The van der Waals surface area contributed by atoms with Crippen LogP contribution in [-0.2, 0) is 4.74 Å². The summed E-state index contributed by atoms with van der Waals surface area (Å²) in [6, 6.07) is 4.25. The molecule has 1 aromatic rings. The van der Waals surface area contributed by atoms with Crippen LogP contribution in [-0.4, -0.2) is 42.5 Å². The number of carbonyl (C=O) groups excluding carboxylic acids is 1. The maximum absolute atomic E-state index is 11.6. The highest BCUT2D eigenvalue weighted by molar-refractivity contribution is 6.31. The standard InChI is InChI=1S/C11H14ClNO4/c12-8-1-2-10(15)9(7-8)11(16)13-3-5-17-6-4-14/h1-2,7,14-15H,3-6H2,(H,13,16). The molecule has 0 spiro atoms. The third-order valence-electron chi connectivity index (χ3n) is 1.97. The van der Waals surface area contributed by atoms with Gasteiger partial charge < -0.3 is 20.3 Å². The number of aliphatic hydroxyl groups excluding tert-OH is 1. The number of phenolic OH excluding ortho intramolecular Hbond substituents is 1. The molecular weight excluding hydrogens is 246 g/mol. The summed E-state index contributed by atoms with van der Waals surface area (Å²) in [7, 11) is 0. The molecule has 0 bridgehead atoms. The van der Waals surface area contributed by atoms with Crippen LogP contribution in [0, 0.1) is 0 Å². The summed E-state index contributed by atoms with van der Waals surface area (Å²) in [5.74, 6) is -0.541.